The number of quaternary nitrogens is 1. The summed E-state index contributed by atoms with van der Waals surface area (Å²) in [5.74, 6) is 3.57. The summed E-state index contributed by atoms with van der Waals surface area (Å²) < 4.78 is 17.3. The average Bonchev–Trinajstić information content (AvgIpc) is 3.53. The SMILES string of the molecule is CC(=O)[N+]12CCC(CC1)c1nn(CC(=O)N(C)CC(=O)NC(N)/N=N\N)c3cccc(c13)-c1cc3c(cnn32)cc1F. The van der Waals surface area contributed by atoms with Gasteiger partial charge >= 0.3 is 5.91 Å². The fourth-order valence-electron chi connectivity index (χ4n) is 6.20. The van der Waals surface area contributed by atoms with Crippen molar-refractivity contribution in [2.45, 2.75) is 38.5 Å². The number of rotatable bonds is 6. The van der Waals surface area contributed by atoms with Crippen molar-refractivity contribution in [1.82, 2.24) is 34.5 Å². The summed E-state index contributed by atoms with van der Waals surface area (Å²) in [6, 6.07) is 8.71. The summed E-state index contributed by atoms with van der Waals surface area (Å²) >= 11 is 0. The predicted molar refractivity (Wildman–Crippen MR) is 151 cm³/mol. The number of nitrogens with two attached hydrogens (primary N) is 2. The molecule has 4 bridgehead atoms. The summed E-state index contributed by atoms with van der Waals surface area (Å²) in [4.78, 5) is 41.6. The first kappa shape index (κ1) is 27.4. The molecule has 14 nitrogen and oxygen atoms in total. The molecule has 5 N–H and O–H groups in total. The zero-order valence-electron chi connectivity index (χ0n) is 23.2. The average molecular weight is 577 g/mol. The third kappa shape index (κ3) is 4.37. The van der Waals surface area contributed by atoms with Gasteiger partial charge in [-0.05, 0) is 23.8 Å². The maximum absolute atomic E-state index is 15.7. The van der Waals surface area contributed by atoms with Crippen LogP contribution in [0.2, 0.25) is 0 Å². The van der Waals surface area contributed by atoms with Gasteiger partial charge < -0.3 is 16.1 Å². The fraction of sp³-hybridized carbons (Fsp3) is 0.370. The number of nitrogens with one attached hydrogen (secondary N) is 1. The Balaban J connectivity index is 1.43. The fourth-order valence-corrected chi connectivity index (χ4v) is 6.20. The summed E-state index contributed by atoms with van der Waals surface area (Å²) in [5, 5.41) is 19.7. The van der Waals surface area contributed by atoms with Crippen LogP contribution in [-0.4, -0.2) is 75.3 Å². The minimum Gasteiger partial charge on any atom is -0.335 e. The van der Waals surface area contributed by atoms with E-state index in [2.05, 4.69) is 20.8 Å². The number of nitrogens with zero attached hydrogens (tertiary/aromatic N) is 8. The Labute approximate surface area is 239 Å². The van der Waals surface area contributed by atoms with E-state index in [9.17, 15) is 14.4 Å². The summed E-state index contributed by atoms with van der Waals surface area (Å²) in [6.07, 6.45) is 1.77. The van der Waals surface area contributed by atoms with E-state index in [1.807, 2.05) is 12.1 Å². The van der Waals surface area contributed by atoms with Gasteiger partial charge in [-0.2, -0.15) is 5.10 Å². The molecule has 0 aliphatic carbocycles. The van der Waals surface area contributed by atoms with Crippen LogP contribution in [0.4, 0.5) is 4.39 Å². The number of carbonyl (C=O) groups is 3. The van der Waals surface area contributed by atoms with Gasteiger partial charge in [0.2, 0.25) is 11.8 Å². The molecule has 1 unspecified atom stereocenters. The molecular formula is C27H31FN11O3+. The number of fused-ring (bicyclic) bond motifs is 2. The van der Waals surface area contributed by atoms with E-state index in [0.29, 0.717) is 53.5 Å². The molecule has 1 saturated heterocycles. The van der Waals surface area contributed by atoms with Crippen molar-refractivity contribution in [3.8, 4) is 11.1 Å². The molecule has 2 aromatic heterocycles. The van der Waals surface area contributed by atoms with Crippen molar-refractivity contribution in [1.29, 1.82) is 0 Å². The highest BCUT2D eigenvalue weighted by atomic mass is 19.1. The third-order valence-electron chi connectivity index (χ3n) is 8.36. The lowest BCUT2D eigenvalue weighted by atomic mass is 9.88. The van der Waals surface area contributed by atoms with E-state index in [0.717, 1.165) is 11.1 Å². The van der Waals surface area contributed by atoms with E-state index in [1.54, 1.807) is 34.7 Å². The number of halogens is 1. The number of aromatic nitrogens is 4. The highest BCUT2D eigenvalue weighted by Gasteiger charge is 2.44. The number of piperidine rings is 1. The second-order valence-corrected chi connectivity index (χ2v) is 10.8. The predicted octanol–water partition coefficient (Wildman–Crippen LogP) is 1.21. The Morgan fingerprint density at radius 2 is 1.98 bits per heavy atom. The second kappa shape index (κ2) is 10.3. The van der Waals surface area contributed by atoms with Gasteiger partial charge in [0.25, 0.3) is 0 Å². The highest BCUT2D eigenvalue weighted by Crippen LogP contribution is 2.42. The lowest BCUT2D eigenvalue weighted by molar-refractivity contribution is -0.137. The Morgan fingerprint density at radius 3 is 2.69 bits per heavy atom. The van der Waals surface area contributed by atoms with Crippen molar-refractivity contribution in [2.24, 2.45) is 21.9 Å². The number of hydrogen-bond acceptors (Lipinski definition) is 8. The van der Waals surface area contributed by atoms with E-state index >= 15 is 4.39 Å². The number of likely N-dealkylation sites (N-methyl/N-ethyl adjacent to an activating group) is 1. The Morgan fingerprint density at radius 1 is 1.21 bits per heavy atom. The molecule has 218 valence electrons. The molecule has 0 saturated carbocycles. The summed E-state index contributed by atoms with van der Waals surface area (Å²) in [5.41, 5.74) is 8.70. The van der Waals surface area contributed by atoms with Crippen LogP contribution in [0.3, 0.4) is 0 Å². The molecule has 42 heavy (non-hydrogen) atoms. The van der Waals surface area contributed by atoms with E-state index in [-0.39, 0.29) is 35.4 Å². The molecule has 15 heteroatoms. The maximum Gasteiger partial charge on any atom is 0.336 e. The highest BCUT2D eigenvalue weighted by molar-refractivity contribution is 6.00. The van der Waals surface area contributed by atoms with Gasteiger partial charge in [0.1, 0.15) is 31.0 Å². The molecule has 0 spiro atoms. The van der Waals surface area contributed by atoms with E-state index in [4.69, 9.17) is 16.7 Å². The van der Waals surface area contributed by atoms with Crippen LogP contribution in [-0.2, 0) is 20.9 Å². The molecule has 3 aliphatic heterocycles. The van der Waals surface area contributed by atoms with E-state index in [1.165, 1.54) is 18.0 Å². The van der Waals surface area contributed by atoms with Crippen molar-refractivity contribution in [2.75, 3.05) is 26.7 Å². The van der Waals surface area contributed by atoms with E-state index < -0.39 is 18.0 Å². The van der Waals surface area contributed by atoms with Gasteiger partial charge in [0.05, 0.1) is 30.9 Å². The minimum absolute atomic E-state index is 0.0208. The van der Waals surface area contributed by atoms with Crippen molar-refractivity contribution >= 4 is 39.5 Å². The van der Waals surface area contributed by atoms with Gasteiger partial charge in [-0.15, -0.1) is 14.8 Å². The standard InChI is InChI=1S/C27H30FN11O3/c1-15(40)39-8-6-16(7-9-39)26-25-18(19-11-22-17(10-20(19)28)12-31-38(22)39)4-3-5-21(25)37(34-26)14-24(42)36(2)13-23(41)32-27(29)33-35-30/h3-5,10-12,16,27H,6-9,13-14,29H2,1-2H3,(H2-,30,32,33,41)/p+1. The molecular weight excluding hydrogens is 545 g/mol. The van der Waals surface area contributed by atoms with Crippen LogP contribution < -0.4 is 21.5 Å². The Bertz CT molecular complexity index is 1770. The van der Waals surface area contributed by atoms with Crippen LogP contribution in [0.1, 0.15) is 31.4 Å². The van der Waals surface area contributed by atoms with Crippen LogP contribution in [0.5, 0.6) is 0 Å². The molecule has 2 aromatic carbocycles. The summed E-state index contributed by atoms with van der Waals surface area (Å²) in [7, 11) is 1.50. The molecule has 5 heterocycles. The molecule has 3 aliphatic rings. The number of carbonyl (C=O) groups excluding carboxylic acids is 3. The topological polar surface area (TPSA) is 179 Å². The number of amides is 3. The normalized spacial score (nSPS) is 20.2. The first-order valence-electron chi connectivity index (χ1n) is 13.6. The minimum atomic E-state index is -1.12. The Kier molecular flexibility index (Phi) is 6.69. The zero-order valence-corrected chi connectivity index (χ0v) is 23.2. The maximum atomic E-state index is 15.7. The molecule has 0 radical (unpaired) electrons. The van der Waals surface area contributed by atoms with Gasteiger partial charge in [-0.25, -0.2) is 9.18 Å². The molecule has 1 fully saturated rings. The Hall–Kier alpha value is -4.76. The second-order valence-electron chi connectivity index (χ2n) is 10.8. The first-order chi connectivity index (χ1) is 20.1. The van der Waals surface area contributed by atoms with Crippen LogP contribution in [0.25, 0.3) is 32.9 Å². The monoisotopic (exact) mass is 576 g/mol. The lowest BCUT2D eigenvalue weighted by Crippen LogP contribution is -2.65. The van der Waals surface area contributed by atoms with Gasteiger partial charge in [-0.1, -0.05) is 22.1 Å². The van der Waals surface area contributed by atoms with Crippen molar-refractivity contribution in [3.63, 3.8) is 0 Å². The van der Waals surface area contributed by atoms with Crippen LogP contribution in [0.15, 0.2) is 46.9 Å². The van der Waals surface area contributed by atoms with Crippen molar-refractivity contribution in [3.05, 3.63) is 48.0 Å². The molecule has 4 aromatic rings. The molecule has 1 atom stereocenters. The van der Waals surface area contributed by atoms with Crippen LogP contribution in [0, 0.1) is 5.82 Å². The van der Waals surface area contributed by atoms with Gasteiger partial charge in [0, 0.05) is 42.1 Å². The number of benzene rings is 2. The first-order valence-corrected chi connectivity index (χ1v) is 13.6. The van der Waals surface area contributed by atoms with Crippen molar-refractivity contribution < 1.29 is 18.8 Å². The van der Waals surface area contributed by atoms with Gasteiger partial charge in [-0.3, -0.25) is 20.0 Å². The molecule has 7 rings (SSSR count). The number of hydrogen-bond donors (Lipinski definition) is 3. The third-order valence-corrected chi connectivity index (χ3v) is 8.36. The lowest BCUT2D eigenvalue weighted by Gasteiger charge is -2.39. The zero-order chi connectivity index (χ0) is 29.8. The smallest absolute Gasteiger partial charge is 0.335 e. The largest absolute Gasteiger partial charge is 0.336 e. The quantitative estimate of drug-likeness (QED) is 0.101. The summed E-state index contributed by atoms with van der Waals surface area (Å²) in [6.45, 7) is 2.16. The van der Waals surface area contributed by atoms with Crippen LogP contribution >= 0.6 is 0 Å². The molecule has 3 amide bonds. The van der Waals surface area contributed by atoms with Gasteiger partial charge in [0.15, 0.2) is 6.29 Å².